The summed E-state index contributed by atoms with van der Waals surface area (Å²) in [6.07, 6.45) is 1.56. The zero-order valence-corrected chi connectivity index (χ0v) is 15.0. The number of aromatic nitrogens is 2. The van der Waals surface area contributed by atoms with Gasteiger partial charge < -0.3 is 15.7 Å². The van der Waals surface area contributed by atoms with Gasteiger partial charge in [-0.3, -0.25) is 4.99 Å². The number of para-hydroxylation sites is 1. The van der Waals surface area contributed by atoms with E-state index in [1.807, 2.05) is 24.3 Å². The van der Waals surface area contributed by atoms with Crippen LogP contribution in [0.4, 0.5) is 5.82 Å². The summed E-state index contributed by atoms with van der Waals surface area (Å²) in [6, 6.07) is 16.5. The van der Waals surface area contributed by atoms with E-state index in [2.05, 4.69) is 56.6 Å². The lowest BCUT2D eigenvalue weighted by Crippen LogP contribution is -2.42. The lowest BCUT2D eigenvalue weighted by molar-refractivity contribution is 0.191. The van der Waals surface area contributed by atoms with Crippen LogP contribution in [0, 0.1) is 0 Å². The number of hydrogen-bond acceptors (Lipinski definition) is 6. The second-order valence-electron chi connectivity index (χ2n) is 6.86. The molecule has 0 saturated carbocycles. The summed E-state index contributed by atoms with van der Waals surface area (Å²) in [6.45, 7) is 5.29. The molecule has 0 aliphatic carbocycles. The topological polar surface area (TPSA) is 82.4 Å². The average molecular weight is 361 g/mol. The lowest BCUT2D eigenvalue weighted by atomic mass is 9.89. The van der Waals surface area contributed by atoms with Gasteiger partial charge in [0.2, 0.25) is 0 Å². The minimum Gasteiger partial charge on any atom is -0.368 e. The molecule has 0 radical (unpaired) electrons. The molecule has 4 rings (SSSR count). The number of nitrogens with zero attached hydrogens (tertiary/aromatic N) is 3. The molecule has 0 bridgehead atoms. The molecule has 27 heavy (non-hydrogen) atoms. The Labute approximate surface area is 158 Å². The van der Waals surface area contributed by atoms with Gasteiger partial charge in [0.1, 0.15) is 12.1 Å². The van der Waals surface area contributed by atoms with Crippen molar-refractivity contribution in [2.24, 2.45) is 4.99 Å². The molecule has 138 valence electrons. The molecule has 3 N–H and O–H groups in total. The largest absolute Gasteiger partial charge is 0.368 e. The fourth-order valence-electron chi connectivity index (χ4n) is 3.76. The third-order valence-corrected chi connectivity index (χ3v) is 5.11. The maximum absolute atomic E-state index is 10.1. The highest BCUT2D eigenvalue weighted by atomic mass is 16.3. The molecular formula is C21H23N5O. The van der Waals surface area contributed by atoms with Crippen LogP contribution < -0.4 is 10.6 Å². The zero-order chi connectivity index (χ0) is 18.6. The number of aliphatic imine (C=N–C) groups is 1. The normalized spacial score (nSPS) is 20.9. The minimum atomic E-state index is -0.991. The van der Waals surface area contributed by atoms with Crippen LogP contribution >= 0.6 is 0 Å². The fraction of sp³-hybridized carbons (Fsp3) is 0.286. The molecule has 2 aromatic carbocycles. The first-order valence-corrected chi connectivity index (χ1v) is 9.16. The van der Waals surface area contributed by atoms with E-state index in [9.17, 15) is 5.11 Å². The molecule has 0 spiro atoms. The van der Waals surface area contributed by atoms with Gasteiger partial charge in [0.25, 0.3) is 0 Å². The van der Waals surface area contributed by atoms with E-state index < -0.39 is 6.23 Å². The van der Waals surface area contributed by atoms with Crippen molar-refractivity contribution in [2.45, 2.75) is 24.6 Å². The first-order chi connectivity index (χ1) is 13.3. The standard InChI is InChI=1S/C21H23N5O/c1-22-21(27)18-9-5-8-17-19(18)24-13-25-20(17)26-16-10-15(11-23-12-16)14-6-3-2-4-7-14/h2-9,13,15-16,21,23,27H,1,10-12H2,(H,24,25,26). The number of rotatable bonds is 5. The molecule has 0 amide bonds. The molecule has 2 heterocycles. The van der Waals surface area contributed by atoms with Crippen LogP contribution in [0.3, 0.4) is 0 Å². The molecule has 1 fully saturated rings. The number of aliphatic hydroxyl groups is 1. The molecule has 1 aromatic heterocycles. The van der Waals surface area contributed by atoms with Gasteiger partial charge in [-0.15, -0.1) is 0 Å². The molecule has 3 aromatic rings. The summed E-state index contributed by atoms with van der Waals surface area (Å²) < 4.78 is 0. The van der Waals surface area contributed by atoms with E-state index >= 15 is 0 Å². The molecule has 3 unspecified atom stereocenters. The van der Waals surface area contributed by atoms with Crippen LogP contribution in [0.2, 0.25) is 0 Å². The number of aliphatic hydroxyl groups excluding tert-OH is 1. The molecular weight excluding hydrogens is 338 g/mol. The van der Waals surface area contributed by atoms with Crippen LogP contribution in [-0.2, 0) is 0 Å². The summed E-state index contributed by atoms with van der Waals surface area (Å²) in [7, 11) is 0. The average Bonchev–Trinajstić information content (AvgIpc) is 2.74. The summed E-state index contributed by atoms with van der Waals surface area (Å²) >= 11 is 0. The van der Waals surface area contributed by atoms with Crippen molar-refractivity contribution in [1.82, 2.24) is 15.3 Å². The van der Waals surface area contributed by atoms with Crippen molar-refractivity contribution in [3.05, 3.63) is 66.0 Å². The smallest absolute Gasteiger partial charge is 0.172 e. The van der Waals surface area contributed by atoms with E-state index in [-0.39, 0.29) is 6.04 Å². The van der Waals surface area contributed by atoms with Gasteiger partial charge in [-0.1, -0.05) is 42.5 Å². The van der Waals surface area contributed by atoms with Crippen LogP contribution in [-0.4, -0.2) is 40.9 Å². The van der Waals surface area contributed by atoms with Crippen molar-refractivity contribution in [1.29, 1.82) is 0 Å². The maximum Gasteiger partial charge on any atom is 0.172 e. The third kappa shape index (κ3) is 3.67. The van der Waals surface area contributed by atoms with Crippen molar-refractivity contribution in [3.63, 3.8) is 0 Å². The van der Waals surface area contributed by atoms with Crippen LogP contribution in [0.15, 0.2) is 59.9 Å². The monoisotopic (exact) mass is 361 g/mol. The highest BCUT2D eigenvalue weighted by Crippen LogP contribution is 2.29. The number of nitrogens with one attached hydrogen (secondary N) is 2. The van der Waals surface area contributed by atoms with E-state index in [0.717, 1.165) is 30.7 Å². The molecule has 1 aliphatic rings. The Morgan fingerprint density at radius 2 is 1.96 bits per heavy atom. The summed E-state index contributed by atoms with van der Waals surface area (Å²) in [4.78, 5) is 12.5. The van der Waals surface area contributed by atoms with Gasteiger partial charge in [0.15, 0.2) is 6.23 Å². The van der Waals surface area contributed by atoms with Gasteiger partial charge in [-0.25, -0.2) is 9.97 Å². The quantitative estimate of drug-likeness (QED) is 0.609. The van der Waals surface area contributed by atoms with Crippen molar-refractivity contribution in [3.8, 4) is 0 Å². The Kier molecular flexibility index (Phi) is 5.09. The second-order valence-corrected chi connectivity index (χ2v) is 6.86. The third-order valence-electron chi connectivity index (χ3n) is 5.11. The van der Waals surface area contributed by atoms with Gasteiger partial charge >= 0.3 is 0 Å². The first-order valence-electron chi connectivity index (χ1n) is 9.16. The van der Waals surface area contributed by atoms with Crippen LogP contribution in [0.25, 0.3) is 10.9 Å². The van der Waals surface area contributed by atoms with Crippen molar-refractivity contribution in [2.75, 3.05) is 18.4 Å². The van der Waals surface area contributed by atoms with E-state index in [4.69, 9.17) is 0 Å². The van der Waals surface area contributed by atoms with Crippen LogP contribution in [0.5, 0.6) is 0 Å². The highest BCUT2D eigenvalue weighted by molar-refractivity contribution is 5.91. The van der Waals surface area contributed by atoms with Gasteiger partial charge in [-0.2, -0.15) is 0 Å². The summed E-state index contributed by atoms with van der Waals surface area (Å²) in [5, 5.41) is 18.0. The number of hydrogen-bond donors (Lipinski definition) is 3. The first kappa shape index (κ1) is 17.6. The Balaban J connectivity index is 1.59. The summed E-state index contributed by atoms with van der Waals surface area (Å²) in [5.74, 6) is 1.24. The van der Waals surface area contributed by atoms with Crippen LogP contribution in [0.1, 0.15) is 29.7 Å². The molecule has 3 atom stereocenters. The Morgan fingerprint density at radius 3 is 2.78 bits per heavy atom. The van der Waals surface area contributed by atoms with Gasteiger partial charge in [0, 0.05) is 30.1 Å². The summed E-state index contributed by atoms with van der Waals surface area (Å²) in [5.41, 5.74) is 2.68. The number of piperidine rings is 1. The minimum absolute atomic E-state index is 0.258. The molecule has 6 heteroatoms. The maximum atomic E-state index is 10.1. The predicted octanol–water partition coefficient (Wildman–Crippen LogP) is 2.88. The number of fused-ring (bicyclic) bond motifs is 1. The second kappa shape index (κ2) is 7.82. The van der Waals surface area contributed by atoms with E-state index in [1.54, 1.807) is 0 Å². The Bertz CT molecular complexity index is 930. The van der Waals surface area contributed by atoms with Gasteiger partial charge in [0.05, 0.1) is 5.52 Å². The molecule has 1 saturated heterocycles. The van der Waals surface area contributed by atoms with Crippen molar-refractivity contribution >= 4 is 23.4 Å². The predicted molar refractivity (Wildman–Crippen MR) is 108 cm³/mol. The fourth-order valence-corrected chi connectivity index (χ4v) is 3.76. The lowest BCUT2D eigenvalue weighted by Gasteiger charge is -2.31. The Hall–Kier alpha value is -2.83. The number of benzene rings is 2. The zero-order valence-electron chi connectivity index (χ0n) is 15.0. The molecule has 1 aliphatic heterocycles. The van der Waals surface area contributed by atoms with E-state index in [1.165, 1.54) is 11.9 Å². The highest BCUT2D eigenvalue weighted by Gasteiger charge is 2.24. The van der Waals surface area contributed by atoms with Gasteiger partial charge in [-0.05, 0) is 30.7 Å². The number of anilines is 1. The Morgan fingerprint density at radius 1 is 1.11 bits per heavy atom. The van der Waals surface area contributed by atoms with E-state index in [0.29, 0.717) is 17.0 Å². The molecule has 6 nitrogen and oxygen atoms in total. The SMILES string of the molecule is C=NC(O)c1cccc2c(NC3CNCC(c4ccccc4)C3)ncnc12. The van der Waals surface area contributed by atoms with Crippen molar-refractivity contribution < 1.29 is 5.11 Å².